The number of halogens is 3. The monoisotopic (exact) mass is 648 g/mol. The quantitative estimate of drug-likeness (QED) is 0.173. The first-order valence-electron chi connectivity index (χ1n) is 12.4. The number of hydrogen-bond donors (Lipinski definition) is 1. The van der Waals surface area contributed by atoms with E-state index in [2.05, 4.69) is 5.32 Å². The van der Waals surface area contributed by atoms with Crippen molar-refractivity contribution in [2.45, 2.75) is 58.8 Å². The Bertz CT molecular complexity index is 1200. The van der Waals surface area contributed by atoms with Gasteiger partial charge in [0.15, 0.2) is 0 Å². The molecule has 2 saturated heterocycles. The third-order valence-electron chi connectivity index (χ3n) is 6.83. The summed E-state index contributed by atoms with van der Waals surface area (Å²) in [6.07, 6.45) is 1.05. The number of fused-ring (bicyclic) bond motifs is 1. The number of benzene rings is 1. The number of ether oxygens (including phenoxy) is 2. The Morgan fingerprint density at radius 2 is 1.98 bits per heavy atom. The second kappa shape index (κ2) is 12.4. The third kappa shape index (κ3) is 7.05. The molecular weight excluding hydrogens is 623 g/mol. The fraction of sp³-hybridized carbons (Fsp3) is 0.560. The smallest absolute Gasteiger partial charge is 0.415 e. The molecule has 4 rings (SSSR count). The number of esters is 1. The molecular formula is C25H27Cl3N4O6S2. The Morgan fingerprint density at radius 1 is 1.30 bits per heavy atom. The number of anilines is 1. The largest absolute Gasteiger partial charge is 0.460 e. The molecule has 2 aliphatic heterocycles. The second-order valence-electron chi connectivity index (χ2n) is 9.97. The Hall–Kier alpha value is -2.04. The predicted molar refractivity (Wildman–Crippen MR) is 154 cm³/mol. The number of carbonyl (C=O) groups excluding carboxylic acids is 4. The molecule has 1 saturated carbocycles. The maximum Gasteiger partial charge on any atom is 0.415 e. The number of alkyl halides is 3. The summed E-state index contributed by atoms with van der Waals surface area (Å²) in [6.45, 7) is 2.67. The summed E-state index contributed by atoms with van der Waals surface area (Å²) in [6, 6.07) is 6.63. The first-order valence-corrected chi connectivity index (χ1v) is 15.4. The highest BCUT2D eigenvalue weighted by Crippen LogP contribution is 2.52. The minimum absolute atomic E-state index is 0.204. The minimum Gasteiger partial charge on any atom is -0.460 e. The predicted octanol–water partition coefficient (Wildman–Crippen LogP) is 4.08. The van der Waals surface area contributed by atoms with Crippen LogP contribution in [0, 0.1) is 16.6 Å². The Morgan fingerprint density at radius 3 is 2.58 bits per heavy atom. The molecule has 3 amide bonds. The first-order chi connectivity index (χ1) is 18.8. The van der Waals surface area contributed by atoms with Crippen LogP contribution in [0.15, 0.2) is 30.3 Å². The lowest BCUT2D eigenvalue weighted by molar-refractivity contribution is -0.164. The number of carbonyl (C=O) groups is 4. The van der Waals surface area contributed by atoms with Gasteiger partial charge in [-0.05, 0) is 56.5 Å². The van der Waals surface area contributed by atoms with Crippen LogP contribution in [-0.4, -0.2) is 79.8 Å². The van der Waals surface area contributed by atoms with Crippen LogP contribution in [0.5, 0.6) is 0 Å². The topological polar surface area (TPSA) is 129 Å². The van der Waals surface area contributed by atoms with E-state index in [4.69, 9.17) is 49.5 Å². The Kier molecular flexibility index (Phi) is 9.62. The van der Waals surface area contributed by atoms with Crippen LogP contribution in [0.1, 0.15) is 26.7 Å². The van der Waals surface area contributed by atoms with Gasteiger partial charge >= 0.3 is 12.1 Å². The van der Waals surface area contributed by atoms with Gasteiger partial charge in [-0.25, -0.2) is 9.59 Å². The van der Waals surface area contributed by atoms with E-state index < -0.39 is 56.5 Å². The number of hydrogen-bond acceptors (Lipinski definition) is 9. The van der Waals surface area contributed by atoms with Crippen molar-refractivity contribution in [2.75, 3.05) is 23.8 Å². The van der Waals surface area contributed by atoms with Gasteiger partial charge in [-0.2, -0.15) is 5.26 Å². The molecule has 15 heteroatoms. The SMILES string of the molecule is CC(OC(=O)N(CC(=O)NC1C(=O)N2C(C(=O)OCC(Cl)(Cl)Cl)C(C)(CSC#N)S[C@@H]12)c1ccccc1)C1CC1. The van der Waals surface area contributed by atoms with Crippen LogP contribution >= 0.6 is 58.3 Å². The average molecular weight is 650 g/mol. The fourth-order valence-electron chi connectivity index (χ4n) is 4.65. The van der Waals surface area contributed by atoms with Crippen molar-refractivity contribution in [1.29, 1.82) is 5.26 Å². The van der Waals surface area contributed by atoms with Crippen molar-refractivity contribution in [3.05, 3.63) is 30.3 Å². The number of thioether (sulfide) groups is 2. The van der Waals surface area contributed by atoms with E-state index >= 15 is 0 Å². The number of thiocyanates is 1. The summed E-state index contributed by atoms with van der Waals surface area (Å²) in [7, 11) is 0. The van der Waals surface area contributed by atoms with Gasteiger partial charge in [0, 0.05) is 11.4 Å². The van der Waals surface area contributed by atoms with Crippen LogP contribution < -0.4 is 10.2 Å². The Balaban J connectivity index is 1.45. The molecule has 3 fully saturated rings. The van der Waals surface area contributed by atoms with E-state index in [1.807, 2.05) is 12.3 Å². The van der Waals surface area contributed by atoms with Gasteiger partial charge in [0.25, 0.3) is 0 Å². The first kappa shape index (κ1) is 30.9. The molecule has 0 radical (unpaired) electrons. The number of nitrogens with one attached hydrogen (secondary N) is 1. The van der Waals surface area contributed by atoms with Gasteiger partial charge in [0.2, 0.25) is 15.6 Å². The zero-order valence-corrected chi connectivity index (χ0v) is 25.5. The fourth-order valence-corrected chi connectivity index (χ4v) is 7.32. The van der Waals surface area contributed by atoms with Crippen molar-refractivity contribution in [2.24, 2.45) is 5.92 Å². The van der Waals surface area contributed by atoms with Crippen molar-refractivity contribution in [1.82, 2.24) is 10.2 Å². The van der Waals surface area contributed by atoms with Gasteiger partial charge in [-0.3, -0.25) is 14.5 Å². The van der Waals surface area contributed by atoms with Gasteiger partial charge in [-0.15, -0.1) is 11.8 Å². The lowest BCUT2D eigenvalue weighted by atomic mass is 9.95. The maximum atomic E-state index is 13.2. The molecule has 3 aliphatic rings. The van der Waals surface area contributed by atoms with E-state index in [1.165, 1.54) is 21.6 Å². The second-order valence-corrected chi connectivity index (χ2v) is 14.9. The number of nitrogens with zero attached hydrogens (tertiary/aromatic N) is 3. The lowest BCUT2D eigenvalue weighted by Crippen LogP contribution is -2.71. The maximum absolute atomic E-state index is 13.2. The molecule has 5 atom stereocenters. The molecule has 1 aliphatic carbocycles. The van der Waals surface area contributed by atoms with Crippen LogP contribution in [0.25, 0.3) is 0 Å². The highest BCUT2D eigenvalue weighted by Gasteiger charge is 2.66. The summed E-state index contributed by atoms with van der Waals surface area (Å²) >= 11 is 19.4. The average Bonchev–Trinajstić information content (AvgIpc) is 3.72. The number of nitriles is 1. The molecule has 1 aromatic carbocycles. The van der Waals surface area contributed by atoms with Gasteiger partial charge in [0.1, 0.15) is 42.1 Å². The van der Waals surface area contributed by atoms with Crippen molar-refractivity contribution in [3.8, 4) is 5.40 Å². The van der Waals surface area contributed by atoms with Crippen LogP contribution in [-0.2, 0) is 23.9 Å². The van der Waals surface area contributed by atoms with Crippen LogP contribution in [0.4, 0.5) is 10.5 Å². The zero-order chi connectivity index (χ0) is 29.2. The molecule has 216 valence electrons. The summed E-state index contributed by atoms with van der Waals surface area (Å²) in [5.74, 6) is -1.33. The minimum atomic E-state index is -1.84. The lowest BCUT2D eigenvalue weighted by Gasteiger charge is -2.44. The number of amides is 3. The molecule has 40 heavy (non-hydrogen) atoms. The molecule has 1 N–H and O–H groups in total. The van der Waals surface area contributed by atoms with Crippen LogP contribution in [0.3, 0.4) is 0 Å². The number of para-hydroxylation sites is 1. The molecule has 0 spiro atoms. The van der Waals surface area contributed by atoms with E-state index in [1.54, 1.807) is 37.3 Å². The van der Waals surface area contributed by atoms with E-state index in [0.717, 1.165) is 24.6 Å². The highest BCUT2D eigenvalue weighted by atomic mass is 35.6. The summed E-state index contributed by atoms with van der Waals surface area (Å²) in [5.41, 5.74) is 0.473. The number of rotatable bonds is 10. The van der Waals surface area contributed by atoms with E-state index in [0.29, 0.717) is 11.6 Å². The van der Waals surface area contributed by atoms with Gasteiger partial charge in [0.05, 0.1) is 4.75 Å². The van der Waals surface area contributed by atoms with Crippen molar-refractivity contribution < 1.29 is 28.7 Å². The normalized spacial score (nSPS) is 26.1. The summed E-state index contributed by atoms with van der Waals surface area (Å²) in [4.78, 5) is 54.9. The van der Waals surface area contributed by atoms with E-state index in [9.17, 15) is 19.2 Å². The Labute approximate surface area is 255 Å². The molecule has 0 aromatic heterocycles. The highest BCUT2D eigenvalue weighted by molar-refractivity contribution is 8.06. The van der Waals surface area contributed by atoms with Gasteiger partial charge in [-0.1, -0.05) is 53.0 Å². The van der Waals surface area contributed by atoms with Crippen molar-refractivity contribution in [3.63, 3.8) is 0 Å². The standard InChI is InChI=1S/C25H27Cl3N4O6S2/c1-14(15-8-9-15)38-23(36)31(16-6-4-3-5-7-16)10-17(33)30-18-20(34)32-19(22(35)37-11-25(26,27)28)24(2,12-39-13-29)40-21(18)32/h3-7,14-15,18-19,21H,8-12H2,1-2H3,(H,30,33)/t14?,18?,19?,21-,24?/m0/s1. The molecule has 0 bridgehead atoms. The summed E-state index contributed by atoms with van der Waals surface area (Å²) in [5, 5.41) is 13.2. The van der Waals surface area contributed by atoms with E-state index in [-0.39, 0.29) is 18.4 Å². The molecule has 2 heterocycles. The molecule has 10 nitrogen and oxygen atoms in total. The molecule has 4 unspecified atom stereocenters. The van der Waals surface area contributed by atoms with Gasteiger partial charge < -0.3 is 19.7 Å². The third-order valence-corrected chi connectivity index (χ3v) is 9.86. The zero-order valence-electron chi connectivity index (χ0n) is 21.6. The number of β-lactam (4-membered cyclic amide) rings is 1. The summed E-state index contributed by atoms with van der Waals surface area (Å²) < 4.78 is 8.03. The van der Waals surface area contributed by atoms with Crippen molar-refractivity contribution >= 4 is 87.9 Å². The molecule has 1 aromatic rings. The van der Waals surface area contributed by atoms with Crippen LogP contribution in [0.2, 0.25) is 0 Å².